The average molecular weight is 258 g/mol. The summed E-state index contributed by atoms with van der Waals surface area (Å²) in [5.41, 5.74) is 3.16. The summed E-state index contributed by atoms with van der Waals surface area (Å²) >= 11 is 0. The van der Waals surface area contributed by atoms with Crippen molar-refractivity contribution in [3.63, 3.8) is 0 Å². The molecule has 2 unspecified atom stereocenters. The van der Waals surface area contributed by atoms with Crippen molar-refractivity contribution in [1.29, 1.82) is 0 Å². The van der Waals surface area contributed by atoms with Crippen molar-refractivity contribution < 1.29 is 0 Å². The third-order valence-electron chi connectivity index (χ3n) is 4.88. The van der Waals surface area contributed by atoms with Gasteiger partial charge < -0.3 is 5.32 Å². The van der Waals surface area contributed by atoms with Gasteiger partial charge in [-0.25, -0.2) is 0 Å². The molecule has 0 saturated carbocycles. The van der Waals surface area contributed by atoms with Crippen LogP contribution in [0.5, 0.6) is 0 Å². The molecule has 1 aromatic rings. The molecule has 1 saturated heterocycles. The third kappa shape index (κ3) is 2.85. The molecular weight excluding hydrogens is 232 g/mol. The van der Waals surface area contributed by atoms with Gasteiger partial charge in [0.2, 0.25) is 0 Å². The molecule has 2 atom stereocenters. The smallest absolute Gasteiger partial charge is 0.0218 e. The Morgan fingerprint density at radius 3 is 2.79 bits per heavy atom. The van der Waals surface area contributed by atoms with Gasteiger partial charge in [-0.2, -0.15) is 0 Å². The van der Waals surface area contributed by atoms with Crippen LogP contribution < -0.4 is 5.32 Å². The number of fused-ring (bicyclic) bond motifs is 1. The quantitative estimate of drug-likeness (QED) is 0.876. The molecular formula is C17H26N2. The molecule has 1 aromatic carbocycles. The van der Waals surface area contributed by atoms with Crippen LogP contribution in [0.25, 0.3) is 0 Å². The van der Waals surface area contributed by atoms with Crippen LogP contribution >= 0.6 is 0 Å². The van der Waals surface area contributed by atoms with Crippen LogP contribution in [-0.4, -0.2) is 36.6 Å². The first-order chi connectivity index (χ1) is 9.24. The molecule has 0 amide bonds. The monoisotopic (exact) mass is 258 g/mol. The standard InChI is InChI=1S/C17H26N2/c1-13(2)17-12-19(10-9-18-17)16-8-7-14-5-3-4-6-15(14)11-16/h3-6,13,16-18H,7-12H2,1-2H3. The highest BCUT2D eigenvalue weighted by Crippen LogP contribution is 2.25. The second kappa shape index (κ2) is 5.64. The second-order valence-corrected chi connectivity index (χ2v) is 6.46. The van der Waals surface area contributed by atoms with Crippen LogP contribution in [0.1, 0.15) is 31.4 Å². The van der Waals surface area contributed by atoms with Crippen LogP contribution in [0.2, 0.25) is 0 Å². The number of nitrogens with one attached hydrogen (secondary N) is 1. The Morgan fingerprint density at radius 2 is 2.00 bits per heavy atom. The Kier molecular flexibility index (Phi) is 3.90. The Bertz CT molecular complexity index is 427. The fourth-order valence-corrected chi connectivity index (χ4v) is 3.57. The Morgan fingerprint density at radius 1 is 1.21 bits per heavy atom. The van der Waals surface area contributed by atoms with E-state index >= 15 is 0 Å². The normalized spacial score (nSPS) is 28.4. The fourth-order valence-electron chi connectivity index (χ4n) is 3.57. The molecule has 2 aliphatic rings. The summed E-state index contributed by atoms with van der Waals surface area (Å²) in [6, 6.07) is 10.4. The molecule has 0 bridgehead atoms. The number of hydrogen-bond donors (Lipinski definition) is 1. The van der Waals surface area contributed by atoms with Crippen LogP contribution in [0.15, 0.2) is 24.3 Å². The van der Waals surface area contributed by atoms with E-state index in [1.807, 2.05) is 0 Å². The zero-order chi connectivity index (χ0) is 13.2. The molecule has 0 radical (unpaired) electrons. The zero-order valence-electron chi connectivity index (χ0n) is 12.2. The van der Waals surface area contributed by atoms with Gasteiger partial charge >= 0.3 is 0 Å². The number of rotatable bonds is 2. The highest BCUT2D eigenvalue weighted by molar-refractivity contribution is 5.30. The molecule has 19 heavy (non-hydrogen) atoms. The van der Waals surface area contributed by atoms with Crippen LogP contribution in [0, 0.1) is 5.92 Å². The summed E-state index contributed by atoms with van der Waals surface area (Å²) in [7, 11) is 0. The lowest BCUT2D eigenvalue weighted by Gasteiger charge is -2.42. The van der Waals surface area contributed by atoms with Crippen LogP contribution in [-0.2, 0) is 12.8 Å². The maximum Gasteiger partial charge on any atom is 0.0218 e. The fraction of sp³-hybridized carbons (Fsp3) is 0.647. The van der Waals surface area contributed by atoms with Gasteiger partial charge in [-0.3, -0.25) is 4.90 Å². The van der Waals surface area contributed by atoms with Gasteiger partial charge in [0.15, 0.2) is 0 Å². The highest BCUT2D eigenvalue weighted by Gasteiger charge is 2.29. The van der Waals surface area contributed by atoms with Gasteiger partial charge in [0.05, 0.1) is 0 Å². The first kappa shape index (κ1) is 13.1. The summed E-state index contributed by atoms with van der Waals surface area (Å²) in [5.74, 6) is 0.735. The zero-order valence-corrected chi connectivity index (χ0v) is 12.2. The van der Waals surface area contributed by atoms with E-state index in [-0.39, 0.29) is 0 Å². The first-order valence-corrected chi connectivity index (χ1v) is 7.78. The van der Waals surface area contributed by atoms with E-state index in [0.29, 0.717) is 6.04 Å². The van der Waals surface area contributed by atoms with Gasteiger partial charge in [-0.05, 0) is 36.3 Å². The SMILES string of the molecule is CC(C)C1CN(C2CCc3ccccc3C2)CCN1. The second-order valence-electron chi connectivity index (χ2n) is 6.46. The van der Waals surface area contributed by atoms with Crippen LogP contribution in [0.3, 0.4) is 0 Å². The number of benzene rings is 1. The van der Waals surface area contributed by atoms with E-state index in [1.165, 1.54) is 32.4 Å². The van der Waals surface area contributed by atoms with Gasteiger partial charge in [-0.1, -0.05) is 38.1 Å². The summed E-state index contributed by atoms with van der Waals surface area (Å²) < 4.78 is 0. The molecule has 1 fully saturated rings. The van der Waals surface area contributed by atoms with Crippen molar-refractivity contribution in [2.75, 3.05) is 19.6 Å². The summed E-state index contributed by atoms with van der Waals surface area (Å²) in [6.07, 6.45) is 3.85. The number of piperazine rings is 1. The number of aryl methyl sites for hydroxylation is 1. The van der Waals surface area contributed by atoms with Crippen molar-refractivity contribution in [1.82, 2.24) is 10.2 Å². The van der Waals surface area contributed by atoms with Crippen molar-refractivity contribution >= 4 is 0 Å². The molecule has 0 spiro atoms. The van der Waals surface area contributed by atoms with E-state index in [9.17, 15) is 0 Å². The molecule has 1 aliphatic carbocycles. The van der Waals surface area contributed by atoms with Crippen molar-refractivity contribution in [3.8, 4) is 0 Å². The minimum atomic E-state index is 0.672. The van der Waals surface area contributed by atoms with E-state index in [4.69, 9.17) is 0 Å². The van der Waals surface area contributed by atoms with Gasteiger partial charge in [0, 0.05) is 31.7 Å². The van der Waals surface area contributed by atoms with Crippen molar-refractivity contribution in [2.45, 2.75) is 45.2 Å². The lowest BCUT2D eigenvalue weighted by atomic mass is 9.86. The Labute approximate surface area is 117 Å². The largest absolute Gasteiger partial charge is 0.311 e. The summed E-state index contributed by atoms with van der Waals surface area (Å²) in [5, 5.41) is 3.67. The van der Waals surface area contributed by atoms with Crippen LogP contribution in [0.4, 0.5) is 0 Å². The predicted molar refractivity (Wildman–Crippen MR) is 80.5 cm³/mol. The van der Waals surface area contributed by atoms with Crippen molar-refractivity contribution in [3.05, 3.63) is 35.4 Å². The lowest BCUT2D eigenvalue weighted by molar-refractivity contribution is 0.117. The van der Waals surface area contributed by atoms with E-state index < -0.39 is 0 Å². The van der Waals surface area contributed by atoms with Gasteiger partial charge in [0.25, 0.3) is 0 Å². The summed E-state index contributed by atoms with van der Waals surface area (Å²) in [4.78, 5) is 2.73. The first-order valence-electron chi connectivity index (χ1n) is 7.78. The molecule has 2 nitrogen and oxygen atoms in total. The summed E-state index contributed by atoms with van der Waals surface area (Å²) in [6.45, 7) is 8.26. The average Bonchev–Trinajstić information content (AvgIpc) is 2.47. The molecule has 2 heteroatoms. The number of nitrogens with zero attached hydrogens (tertiary/aromatic N) is 1. The molecule has 1 heterocycles. The van der Waals surface area contributed by atoms with E-state index in [0.717, 1.165) is 18.5 Å². The van der Waals surface area contributed by atoms with Gasteiger partial charge in [0.1, 0.15) is 0 Å². The van der Waals surface area contributed by atoms with E-state index in [1.54, 1.807) is 11.1 Å². The lowest BCUT2D eigenvalue weighted by Crippen LogP contribution is -2.56. The highest BCUT2D eigenvalue weighted by atomic mass is 15.2. The molecule has 1 aliphatic heterocycles. The van der Waals surface area contributed by atoms with Gasteiger partial charge in [-0.15, -0.1) is 0 Å². The third-order valence-corrected chi connectivity index (χ3v) is 4.88. The topological polar surface area (TPSA) is 15.3 Å². The number of hydrogen-bond acceptors (Lipinski definition) is 2. The maximum absolute atomic E-state index is 3.67. The minimum Gasteiger partial charge on any atom is -0.311 e. The Hall–Kier alpha value is -0.860. The molecule has 3 rings (SSSR count). The van der Waals surface area contributed by atoms with Crippen molar-refractivity contribution in [2.24, 2.45) is 5.92 Å². The maximum atomic E-state index is 3.67. The molecule has 104 valence electrons. The Balaban J connectivity index is 1.67. The molecule has 0 aromatic heterocycles. The molecule has 1 N–H and O–H groups in total. The van der Waals surface area contributed by atoms with E-state index in [2.05, 4.69) is 48.3 Å². The minimum absolute atomic E-state index is 0.672. The predicted octanol–water partition coefficient (Wildman–Crippen LogP) is 2.47.